The maximum absolute atomic E-state index is 11.0. The van der Waals surface area contributed by atoms with Crippen LogP contribution >= 0.6 is 0 Å². The van der Waals surface area contributed by atoms with Crippen LogP contribution in [-0.4, -0.2) is 31.2 Å². The van der Waals surface area contributed by atoms with Crippen molar-refractivity contribution in [3.05, 3.63) is 10.4 Å². The molecule has 0 aromatic rings. The highest BCUT2D eigenvalue weighted by Crippen LogP contribution is 2.05. The molecule has 0 aliphatic carbocycles. The van der Waals surface area contributed by atoms with Crippen molar-refractivity contribution in [2.45, 2.75) is 32.7 Å². The van der Waals surface area contributed by atoms with Crippen molar-refractivity contribution >= 4 is 11.9 Å². The Morgan fingerprint density at radius 3 is 2.62 bits per heavy atom. The molecule has 0 bridgehead atoms. The summed E-state index contributed by atoms with van der Waals surface area (Å²) in [6.07, 6.45) is 0.439. The molecule has 1 atom stereocenters. The first kappa shape index (κ1) is 14.2. The second-order valence-corrected chi connectivity index (χ2v) is 3.01. The van der Waals surface area contributed by atoms with Crippen LogP contribution < -0.4 is 0 Å². The molecule has 0 aromatic heterocycles. The molecule has 0 saturated heterocycles. The molecule has 0 heterocycles. The molecule has 7 heteroatoms. The van der Waals surface area contributed by atoms with Gasteiger partial charge in [0.05, 0.1) is 19.3 Å². The Kier molecular flexibility index (Phi) is 7.61. The van der Waals surface area contributed by atoms with Gasteiger partial charge in [-0.1, -0.05) is 5.11 Å². The first-order valence-corrected chi connectivity index (χ1v) is 4.93. The lowest BCUT2D eigenvalue weighted by Gasteiger charge is -2.10. The molecule has 0 saturated carbocycles. The molecule has 0 radical (unpaired) electrons. The Balaban J connectivity index is 3.98. The number of carbonyl (C=O) groups excluding carboxylic acids is 2. The lowest BCUT2D eigenvalue weighted by Crippen LogP contribution is -2.17. The normalized spacial score (nSPS) is 11.1. The Hall–Kier alpha value is -1.75. The van der Waals surface area contributed by atoms with Crippen molar-refractivity contribution in [3.63, 3.8) is 0 Å². The molecule has 16 heavy (non-hydrogen) atoms. The summed E-state index contributed by atoms with van der Waals surface area (Å²) in [6.45, 7) is 3.27. The monoisotopic (exact) mass is 229 g/mol. The third-order valence-corrected chi connectivity index (χ3v) is 1.68. The molecule has 0 aromatic carbocycles. The van der Waals surface area contributed by atoms with Gasteiger partial charge in [0.2, 0.25) is 0 Å². The van der Waals surface area contributed by atoms with Crippen molar-refractivity contribution in [2.75, 3.05) is 13.2 Å². The average molecular weight is 229 g/mol. The predicted octanol–water partition coefficient (Wildman–Crippen LogP) is 1.57. The van der Waals surface area contributed by atoms with Crippen LogP contribution in [0.3, 0.4) is 0 Å². The minimum Gasteiger partial charge on any atom is -0.466 e. The number of hydrogen-bond acceptors (Lipinski definition) is 5. The summed E-state index contributed by atoms with van der Waals surface area (Å²) < 4.78 is 9.41. The van der Waals surface area contributed by atoms with Gasteiger partial charge in [-0.2, -0.15) is 0 Å². The van der Waals surface area contributed by atoms with Gasteiger partial charge in [0.15, 0.2) is 0 Å². The van der Waals surface area contributed by atoms with Crippen molar-refractivity contribution in [1.29, 1.82) is 0 Å². The van der Waals surface area contributed by atoms with Crippen LogP contribution in [0.1, 0.15) is 26.7 Å². The van der Waals surface area contributed by atoms with Gasteiger partial charge in [-0.15, -0.1) is 0 Å². The zero-order chi connectivity index (χ0) is 12.4. The molecule has 0 spiro atoms. The van der Waals surface area contributed by atoms with Crippen LogP contribution in [0.4, 0.5) is 0 Å². The topological polar surface area (TPSA) is 101 Å². The number of rotatable bonds is 7. The fourth-order valence-electron chi connectivity index (χ4n) is 0.979. The smallest absolute Gasteiger partial charge is 0.305 e. The van der Waals surface area contributed by atoms with E-state index in [2.05, 4.69) is 10.0 Å². The maximum atomic E-state index is 11.0. The third kappa shape index (κ3) is 7.64. The molecule has 0 amide bonds. The summed E-state index contributed by atoms with van der Waals surface area (Å²) in [4.78, 5) is 24.2. The van der Waals surface area contributed by atoms with Crippen molar-refractivity contribution in [1.82, 2.24) is 0 Å². The summed E-state index contributed by atoms with van der Waals surface area (Å²) in [5.41, 5.74) is 8.27. The Morgan fingerprint density at radius 2 is 2.12 bits per heavy atom. The van der Waals surface area contributed by atoms with Crippen LogP contribution in [0.5, 0.6) is 0 Å². The molecule has 0 aliphatic rings. The number of esters is 2. The molecule has 90 valence electrons. The second kappa shape index (κ2) is 8.55. The minimum atomic E-state index is -0.529. The Labute approximate surface area is 93.3 Å². The fraction of sp³-hybridized carbons (Fsp3) is 0.778. The SMILES string of the molecule is CCOC(=O)CCC(COC(C)=O)N=[N+]=[N-]. The van der Waals surface area contributed by atoms with Gasteiger partial charge in [0, 0.05) is 18.3 Å². The van der Waals surface area contributed by atoms with Gasteiger partial charge in [0.25, 0.3) is 0 Å². The molecule has 1 unspecified atom stereocenters. The maximum Gasteiger partial charge on any atom is 0.305 e. The van der Waals surface area contributed by atoms with E-state index in [1.807, 2.05) is 0 Å². The van der Waals surface area contributed by atoms with E-state index in [0.29, 0.717) is 13.0 Å². The van der Waals surface area contributed by atoms with Gasteiger partial charge in [-0.3, -0.25) is 9.59 Å². The summed E-state index contributed by atoms with van der Waals surface area (Å²) >= 11 is 0. The fourth-order valence-corrected chi connectivity index (χ4v) is 0.979. The standard InChI is InChI=1S/C9H15N3O4/c1-3-15-9(14)5-4-8(11-12-10)6-16-7(2)13/h8H,3-6H2,1-2H3. The van der Waals surface area contributed by atoms with E-state index in [1.165, 1.54) is 6.92 Å². The van der Waals surface area contributed by atoms with Crippen LogP contribution in [0.2, 0.25) is 0 Å². The highest BCUT2D eigenvalue weighted by Gasteiger charge is 2.11. The van der Waals surface area contributed by atoms with E-state index in [0.717, 1.165) is 0 Å². The number of hydrogen-bond donors (Lipinski definition) is 0. The minimum absolute atomic E-state index is 0.0151. The first-order chi connectivity index (χ1) is 7.60. The van der Waals surface area contributed by atoms with Crippen LogP contribution in [-0.2, 0) is 19.1 Å². The van der Waals surface area contributed by atoms with Gasteiger partial charge >= 0.3 is 11.9 Å². The highest BCUT2D eigenvalue weighted by molar-refractivity contribution is 5.69. The van der Waals surface area contributed by atoms with Crippen LogP contribution in [0.15, 0.2) is 5.11 Å². The first-order valence-electron chi connectivity index (χ1n) is 4.93. The largest absolute Gasteiger partial charge is 0.466 e. The highest BCUT2D eigenvalue weighted by atomic mass is 16.5. The van der Waals surface area contributed by atoms with E-state index in [9.17, 15) is 9.59 Å². The van der Waals surface area contributed by atoms with Gasteiger partial charge in [-0.25, -0.2) is 0 Å². The Morgan fingerprint density at radius 1 is 1.44 bits per heavy atom. The number of ether oxygens (including phenoxy) is 2. The van der Waals surface area contributed by atoms with Gasteiger partial charge in [-0.05, 0) is 18.9 Å². The summed E-state index contributed by atoms with van der Waals surface area (Å²) in [6, 6.07) is -0.529. The van der Waals surface area contributed by atoms with Gasteiger partial charge < -0.3 is 9.47 Å². The quantitative estimate of drug-likeness (QED) is 0.286. The van der Waals surface area contributed by atoms with Gasteiger partial charge in [0.1, 0.15) is 0 Å². The number of nitrogens with zero attached hydrogens (tertiary/aromatic N) is 3. The summed E-state index contributed by atoms with van der Waals surface area (Å²) in [5, 5.41) is 3.42. The van der Waals surface area contributed by atoms with Crippen molar-refractivity contribution < 1.29 is 19.1 Å². The third-order valence-electron chi connectivity index (χ3n) is 1.68. The summed E-state index contributed by atoms with van der Waals surface area (Å²) in [7, 11) is 0. The molecule has 7 nitrogen and oxygen atoms in total. The van der Waals surface area contributed by atoms with E-state index in [1.54, 1.807) is 6.92 Å². The van der Waals surface area contributed by atoms with Crippen molar-refractivity contribution in [3.8, 4) is 0 Å². The lowest BCUT2D eigenvalue weighted by atomic mass is 10.2. The second-order valence-electron chi connectivity index (χ2n) is 3.01. The van der Waals surface area contributed by atoms with Crippen LogP contribution in [0, 0.1) is 0 Å². The molecule has 0 aliphatic heterocycles. The average Bonchev–Trinajstić information content (AvgIpc) is 2.22. The molecule has 0 N–H and O–H groups in total. The zero-order valence-electron chi connectivity index (χ0n) is 9.38. The summed E-state index contributed by atoms with van der Waals surface area (Å²) in [5.74, 6) is -0.808. The lowest BCUT2D eigenvalue weighted by molar-refractivity contribution is -0.143. The van der Waals surface area contributed by atoms with Crippen LogP contribution in [0.25, 0.3) is 10.4 Å². The molecule has 0 rings (SSSR count). The zero-order valence-corrected chi connectivity index (χ0v) is 9.38. The Bertz CT molecular complexity index is 286. The molecular formula is C9H15N3O4. The van der Waals surface area contributed by atoms with E-state index >= 15 is 0 Å². The molecule has 0 fully saturated rings. The predicted molar refractivity (Wildman–Crippen MR) is 55.4 cm³/mol. The van der Waals surface area contributed by atoms with Crippen molar-refractivity contribution in [2.24, 2.45) is 5.11 Å². The number of azide groups is 1. The van der Waals surface area contributed by atoms with E-state index < -0.39 is 12.0 Å². The number of carbonyl (C=O) groups is 2. The van der Waals surface area contributed by atoms with E-state index in [4.69, 9.17) is 15.0 Å². The van der Waals surface area contributed by atoms with E-state index in [-0.39, 0.29) is 19.0 Å². The molecular weight excluding hydrogens is 214 g/mol.